The summed E-state index contributed by atoms with van der Waals surface area (Å²) in [6.07, 6.45) is 3.44. The van der Waals surface area contributed by atoms with Crippen LogP contribution in [0.2, 0.25) is 0 Å². The summed E-state index contributed by atoms with van der Waals surface area (Å²) >= 11 is 0. The smallest absolute Gasteiger partial charge is 0.582 e. The Morgan fingerprint density at radius 3 is 2.57 bits per heavy atom. The standard InChI is InChI=1S/C4H5N2.Na/c1-4-2-5-6-3-4;/h2-3H,1H3;/q-1;+1. The molecule has 0 spiro atoms. The maximum absolute atomic E-state index is 3.57. The molecule has 1 rings (SSSR count). The molecule has 0 N–H and O–H groups in total. The molecule has 1 aromatic rings. The summed E-state index contributed by atoms with van der Waals surface area (Å²) in [7, 11) is 0. The van der Waals surface area contributed by atoms with Crippen LogP contribution < -0.4 is 34.7 Å². The van der Waals surface area contributed by atoms with Gasteiger partial charge >= 0.3 is 29.6 Å². The molecule has 1 heterocycles. The van der Waals surface area contributed by atoms with Crippen molar-refractivity contribution in [2.45, 2.75) is 6.92 Å². The van der Waals surface area contributed by atoms with E-state index < -0.39 is 0 Å². The molecule has 0 amide bonds. The maximum atomic E-state index is 3.57. The molecular weight excluding hydrogens is 99.0 g/mol. The van der Waals surface area contributed by atoms with Crippen LogP contribution in [0, 0.1) is 6.92 Å². The molecule has 0 unspecified atom stereocenters. The molecule has 3 heteroatoms. The van der Waals surface area contributed by atoms with E-state index in [9.17, 15) is 0 Å². The van der Waals surface area contributed by atoms with Crippen molar-refractivity contribution in [1.82, 2.24) is 10.2 Å². The van der Waals surface area contributed by atoms with Gasteiger partial charge < -0.3 is 10.2 Å². The average Bonchev–Trinajstić information content (AvgIpc) is 1.86. The van der Waals surface area contributed by atoms with Crippen molar-refractivity contribution < 1.29 is 29.6 Å². The minimum atomic E-state index is 0. The van der Waals surface area contributed by atoms with Crippen LogP contribution in [-0.4, -0.2) is 5.10 Å². The number of nitrogens with zero attached hydrogens (tertiary/aromatic N) is 2. The second-order valence-electron chi connectivity index (χ2n) is 1.23. The molecule has 2 nitrogen and oxygen atoms in total. The second-order valence-corrected chi connectivity index (χ2v) is 1.23. The van der Waals surface area contributed by atoms with Crippen LogP contribution in [-0.2, 0) is 0 Å². The van der Waals surface area contributed by atoms with Gasteiger partial charge in [-0.15, -0.1) is 0 Å². The first-order chi connectivity index (χ1) is 2.89. The third-order valence-electron chi connectivity index (χ3n) is 0.589. The van der Waals surface area contributed by atoms with Gasteiger partial charge in [0.2, 0.25) is 0 Å². The van der Waals surface area contributed by atoms with Gasteiger partial charge in [0, 0.05) is 6.20 Å². The van der Waals surface area contributed by atoms with Gasteiger partial charge in [-0.05, 0) is 6.92 Å². The molecular formula is C4H5N2Na. The van der Waals surface area contributed by atoms with Crippen molar-refractivity contribution >= 4 is 0 Å². The van der Waals surface area contributed by atoms with Gasteiger partial charge in [0.25, 0.3) is 0 Å². The Hall–Kier alpha value is 0.210. The zero-order valence-electron chi connectivity index (χ0n) is 4.55. The minimum absolute atomic E-state index is 0. The monoisotopic (exact) mass is 104 g/mol. The van der Waals surface area contributed by atoms with Crippen LogP contribution in [0.1, 0.15) is 5.56 Å². The molecule has 0 fully saturated rings. The summed E-state index contributed by atoms with van der Waals surface area (Å²) < 4.78 is 0. The van der Waals surface area contributed by atoms with Crippen LogP contribution in [0.3, 0.4) is 0 Å². The summed E-state index contributed by atoms with van der Waals surface area (Å²) in [6, 6.07) is 0. The summed E-state index contributed by atoms with van der Waals surface area (Å²) in [5.41, 5.74) is 1.12. The van der Waals surface area contributed by atoms with E-state index in [4.69, 9.17) is 0 Å². The van der Waals surface area contributed by atoms with Crippen molar-refractivity contribution in [2.24, 2.45) is 0 Å². The largest absolute Gasteiger partial charge is 1.00 e. The average molecular weight is 104 g/mol. The fraction of sp³-hybridized carbons (Fsp3) is 0.250. The first kappa shape index (κ1) is 7.21. The molecule has 0 bridgehead atoms. The van der Waals surface area contributed by atoms with E-state index in [1.165, 1.54) is 0 Å². The van der Waals surface area contributed by atoms with Crippen LogP contribution in [0.25, 0.3) is 0 Å². The summed E-state index contributed by atoms with van der Waals surface area (Å²) in [5.74, 6) is 0. The van der Waals surface area contributed by atoms with E-state index in [1.807, 2.05) is 6.92 Å². The first-order valence-corrected chi connectivity index (χ1v) is 1.79. The summed E-state index contributed by atoms with van der Waals surface area (Å²) in [6.45, 7) is 1.96. The van der Waals surface area contributed by atoms with E-state index in [2.05, 4.69) is 10.2 Å². The molecule has 0 aliphatic heterocycles. The second kappa shape index (κ2) is 3.24. The van der Waals surface area contributed by atoms with E-state index >= 15 is 0 Å². The van der Waals surface area contributed by atoms with E-state index in [1.54, 1.807) is 12.4 Å². The van der Waals surface area contributed by atoms with E-state index in [0.29, 0.717) is 0 Å². The Bertz CT molecular complexity index is 113. The predicted molar refractivity (Wildman–Crippen MR) is 22.3 cm³/mol. The normalized spacial score (nSPS) is 7.57. The number of hydrogen-bond donors (Lipinski definition) is 0. The van der Waals surface area contributed by atoms with E-state index in [0.717, 1.165) is 5.56 Å². The Labute approximate surface area is 64.6 Å². The number of hydrogen-bond acceptors (Lipinski definition) is 1. The van der Waals surface area contributed by atoms with Crippen molar-refractivity contribution in [3.63, 3.8) is 0 Å². The quantitative estimate of drug-likeness (QED) is 0.336. The van der Waals surface area contributed by atoms with Gasteiger partial charge in [0.1, 0.15) is 0 Å². The van der Waals surface area contributed by atoms with Crippen LogP contribution in [0.4, 0.5) is 0 Å². The van der Waals surface area contributed by atoms with Crippen LogP contribution in [0.15, 0.2) is 12.4 Å². The Morgan fingerprint density at radius 2 is 2.43 bits per heavy atom. The fourth-order valence-corrected chi connectivity index (χ4v) is 0.282. The number of rotatable bonds is 0. The van der Waals surface area contributed by atoms with Gasteiger partial charge in [-0.2, -0.15) is 6.20 Å². The van der Waals surface area contributed by atoms with Gasteiger partial charge in [0.05, 0.1) is 0 Å². The van der Waals surface area contributed by atoms with Gasteiger partial charge in [-0.3, -0.25) is 0 Å². The third-order valence-corrected chi connectivity index (χ3v) is 0.589. The Balaban J connectivity index is 0.000000360. The van der Waals surface area contributed by atoms with Crippen molar-refractivity contribution in [2.75, 3.05) is 0 Å². The molecule has 0 saturated heterocycles. The SMILES string of the molecule is Cc1cn[n-]c1.[Na+]. The Morgan fingerprint density at radius 1 is 1.71 bits per heavy atom. The molecule has 1 aromatic heterocycles. The number of aromatic nitrogens is 2. The number of aryl methyl sites for hydroxylation is 1. The topological polar surface area (TPSA) is 27.0 Å². The van der Waals surface area contributed by atoms with Gasteiger partial charge in [-0.25, -0.2) is 0 Å². The van der Waals surface area contributed by atoms with Crippen LogP contribution >= 0.6 is 0 Å². The van der Waals surface area contributed by atoms with Crippen molar-refractivity contribution in [1.29, 1.82) is 0 Å². The molecule has 0 radical (unpaired) electrons. The van der Waals surface area contributed by atoms with E-state index in [-0.39, 0.29) is 29.6 Å². The molecule has 0 aliphatic rings. The molecule has 0 atom stereocenters. The molecule has 0 saturated carbocycles. The van der Waals surface area contributed by atoms with Gasteiger partial charge in [0.15, 0.2) is 0 Å². The fourth-order valence-electron chi connectivity index (χ4n) is 0.282. The predicted octanol–water partition coefficient (Wildman–Crippen LogP) is -2.65. The minimum Gasteiger partial charge on any atom is -0.582 e. The molecule has 7 heavy (non-hydrogen) atoms. The molecule has 0 aliphatic carbocycles. The summed E-state index contributed by atoms with van der Waals surface area (Å²) in [5, 5.41) is 7.14. The van der Waals surface area contributed by atoms with Gasteiger partial charge in [-0.1, -0.05) is 5.56 Å². The molecule has 32 valence electrons. The Kier molecular flexibility index (Phi) is 3.34. The maximum Gasteiger partial charge on any atom is 1.00 e. The zero-order chi connectivity index (χ0) is 4.41. The first-order valence-electron chi connectivity index (χ1n) is 1.79. The van der Waals surface area contributed by atoms with Crippen molar-refractivity contribution in [3.05, 3.63) is 18.0 Å². The van der Waals surface area contributed by atoms with Crippen LogP contribution in [0.5, 0.6) is 0 Å². The molecule has 0 aromatic carbocycles. The zero-order valence-corrected chi connectivity index (χ0v) is 6.55. The summed E-state index contributed by atoms with van der Waals surface area (Å²) in [4.78, 5) is 0. The third kappa shape index (κ3) is 2.12. The van der Waals surface area contributed by atoms with Crippen molar-refractivity contribution in [3.8, 4) is 0 Å².